The number of hydrogen-bond acceptors (Lipinski definition) is 1. The zero-order valence-electron chi connectivity index (χ0n) is 11.5. The molecule has 0 unspecified atom stereocenters. The Hall–Kier alpha value is -0.890. The van der Waals surface area contributed by atoms with Crippen LogP contribution in [-0.2, 0) is 5.41 Å². The van der Waals surface area contributed by atoms with Gasteiger partial charge in [-0.3, -0.25) is 0 Å². The summed E-state index contributed by atoms with van der Waals surface area (Å²) in [6.45, 7) is 6.41. The average molecular weight is 330 g/mol. The van der Waals surface area contributed by atoms with Gasteiger partial charge in [-0.15, -0.1) is 0 Å². The van der Waals surface area contributed by atoms with Gasteiger partial charge in [0.25, 0.3) is 0 Å². The summed E-state index contributed by atoms with van der Waals surface area (Å²) in [5.74, 6) is 1.20. The van der Waals surface area contributed by atoms with E-state index >= 15 is 0 Å². The lowest BCUT2D eigenvalue weighted by Crippen LogP contribution is -2.10. The van der Waals surface area contributed by atoms with Crippen LogP contribution >= 0.6 is 34.8 Å². The predicted molar refractivity (Wildman–Crippen MR) is 86.7 cm³/mol. The van der Waals surface area contributed by atoms with Crippen LogP contribution < -0.4 is 4.74 Å². The maximum atomic E-state index is 6.27. The maximum Gasteiger partial charge on any atom is 0.146 e. The first-order valence-corrected chi connectivity index (χ1v) is 7.34. The Balaban J connectivity index is 2.28. The standard InChI is InChI=1S/C16H15Cl3O/c1-16(2,3)10-4-7-15(14(19)8-10)20-11-5-6-12(17)13(18)9-11/h4-9H,1-3H3. The maximum absolute atomic E-state index is 6.27. The van der Waals surface area contributed by atoms with E-state index in [0.29, 0.717) is 26.6 Å². The Labute approximate surface area is 134 Å². The summed E-state index contributed by atoms with van der Waals surface area (Å²) >= 11 is 18.1. The summed E-state index contributed by atoms with van der Waals surface area (Å²) in [6, 6.07) is 10.9. The molecule has 0 aliphatic rings. The Morgan fingerprint density at radius 3 is 2.05 bits per heavy atom. The second-order valence-corrected chi connectivity index (χ2v) is 6.79. The van der Waals surface area contributed by atoms with Crippen molar-refractivity contribution < 1.29 is 4.74 Å². The van der Waals surface area contributed by atoms with E-state index in [1.165, 1.54) is 0 Å². The monoisotopic (exact) mass is 328 g/mol. The molecule has 0 radical (unpaired) electrons. The highest BCUT2D eigenvalue weighted by atomic mass is 35.5. The second-order valence-electron chi connectivity index (χ2n) is 5.57. The summed E-state index contributed by atoms with van der Waals surface area (Å²) < 4.78 is 5.74. The van der Waals surface area contributed by atoms with Crippen LogP contribution in [0.5, 0.6) is 11.5 Å². The van der Waals surface area contributed by atoms with Crippen LogP contribution in [0.3, 0.4) is 0 Å². The third-order valence-electron chi connectivity index (χ3n) is 2.92. The molecule has 0 heterocycles. The first-order valence-electron chi connectivity index (χ1n) is 6.20. The van der Waals surface area contributed by atoms with Crippen molar-refractivity contribution in [2.45, 2.75) is 26.2 Å². The number of rotatable bonds is 2. The van der Waals surface area contributed by atoms with Crippen molar-refractivity contribution in [2.24, 2.45) is 0 Å². The molecule has 4 heteroatoms. The predicted octanol–water partition coefficient (Wildman–Crippen LogP) is 6.74. The fourth-order valence-corrected chi connectivity index (χ4v) is 2.22. The van der Waals surface area contributed by atoms with Crippen LogP contribution in [0.2, 0.25) is 15.1 Å². The number of halogens is 3. The van der Waals surface area contributed by atoms with Crippen molar-refractivity contribution in [3.05, 3.63) is 57.0 Å². The van der Waals surface area contributed by atoms with Crippen LogP contribution in [0.15, 0.2) is 36.4 Å². The smallest absolute Gasteiger partial charge is 0.146 e. The van der Waals surface area contributed by atoms with Gasteiger partial charge >= 0.3 is 0 Å². The molecule has 1 nitrogen and oxygen atoms in total. The number of ether oxygens (including phenoxy) is 1. The largest absolute Gasteiger partial charge is 0.456 e. The van der Waals surface area contributed by atoms with E-state index in [1.54, 1.807) is 18.2 Å². The lowest BCUT2D eigenvalue weighted by atomic mass is 9.87. The number of benzene rings is 2. The van der Waals surface area contributed by atoms with Crippen LogP contribution in [-0.4, -0.2) is 0 Å². The van der Waals surface area contributed by atoms with E-state index < -0.39 is 0 Å². The number of hydrogen-bond donors (Lipinski definition) is 0. The van der Waals surface area contributed by atoms with Gasteiger partial charge in [-0.25, -0.2) is 0 Å². The molecule has 0 amide bonds. The SMILES string of the molecule is CC(C)(C)c1ccc(Oc2ccc(Cl)c(Cl)c2)c(Cl)c1. The second kappa shape index (κ2) is 5.85. The molecule has 0 saturated heterocycles. The van der Waals surface area contributed by atoms with E-state index in [0.717, 1.165) is 5.56 Å². The zero-order valence-corrected chi connectivity index (χ0v) is 13.8. The van der Waals surface area contributed by atoms with E-state index in [9.17, 15) is 0 Å². The highest BCUT2D eigenvalue weighted by Crippen LogP contribution is 2.35. The topological polar surface area (TPSA) is 9.23 Å². The molecule has 0 N–H and O–H groups in total. The molecule has 0 saturated carbocycles. The molecule has 0 spiro atoms. The normalized spacial score (nSPS) is 11.5. The molecule has 106 valence electrons. The molecule has 20 heavy (non-hydrogen) atoms. The van der Waals surface area contributed by atoms with Gasteiger partial charge in [-0.2, -0.15) is 0 Å². The molecule has 2 aromatic carbocycles. The van der Waals surface area contributed by atoms with Crippen LogP contribution in [0.1, 0.15) is 26.3 Å². The van der Waals surface area contributed by atoms with Gasteiger partial charge in [-0.1, -0.05) is 61.6 Å². The van der Waals surface area contributed by atoms with Crippen molar-refractivity contribution in [3.8, 4) is 11.5 Å². The first-order chi connectivity index (χ1) is 9.27. The van der Waals surface area contributed by atoms with Gasteiger partial charge < -0.3 is 4.74 Å². The fourth-order valence-electron chi connectivity index (χ4n) is 1.72. The third kappa shape index (κ3) is 3.60. The molecule has 0 fully saturated rings. The lowest BCUT2D eigenvalue weighted by molar-refractivity contribution is 0.481. The summed E-state index contributed by atoms with van der Waals surface area (Å²) in [6.07, 6.45) is 0. The molecule has 0 aliphatic carbocycles. The van der Waals surface area contributed by atoms with Gasteiger partial charge in [0.2, 0.25) is 0 Å². The van der Waals surface area contributed by atoms with E-state index in [-0.39, 0.29) is 5.41 Å². The Bertz CT molecular complexity index is 630. The van der Waals surface area contributed by atoms with Gasteiger partial charge in [0.15, 0.2) is 0 Å². The van der Waals surface area contributed by atoms with E-state index in [4.69, 9.17) is 39.5 Å². The summed E-state index contributed by atoms with van der Waals surface area (Å²) in [5.41, 5.74) is 1.20. The Morgan fingerprint density at radius 2 is 1.50 bits per heavy atom. The van der Waals surface area contributed by atoms with Gasteiger partial charge in [0.1, 0.15) is 11.5 Å². The van der Waals surface area contributed by atoms with Gasteiger partial charge in [0, 0.05) is 6.07 Å². The molecule has 0 atom stereocenters. The van der Waals surface area contributed by atoms with Gasteiger partial charge in [-0.05, 0) is 35.2 Å². The molecule has 0 aliphatic heterocycles. The average Bonchev–Trinajstić information content (AvgIpc) is 2.35. The minimum atomic E-state index is 0.0474. The lowest BCUT2D eigenvalue weighted by Gasteiger charge is -2.20. The van der Waals surface area contributed by atoms with Crippen LogP contribution in [0.25, 0.3) is 0 Å². The highest BCUT2D eigenvalue weighted by Gasteiger charge is 2.15. The van der Waals surface area contributed by atoms with Crippen molar-refractivity contribution in [3.63, 3.8) is 0 Å². The molecule has 0 aromatic heterocycles. The Morgan fingerprint density at radius 1 is 0.800 bits per heavy atom. The van der Waals surface area contributed by atoms with Crippen molar-refractivity contribution in [2.75, 3.05) is 0 Å². The first kappa shape index (κ1) is 15.5. The fraction of sp³-hybridized carbons (Fsp3) is 0.250. The quantitative estimate of drug-likeness (QED) is 0.593. The van der Waals surface area contributed by atoms with Crippen LogP contribution in [0, 0.1) is 0 Å². The summed E-state index contributed by atoms with van der Waals surface area (Å²) in [4.78, 5) is 0. The van der Waals surface area contributed by atoms with Gasteiger partial charge in [0.05, 0.1) is 15.1 Å². The van der Waals surface area contributed by atoms with E-state index in [2.05, 4.69) is 20.8 Å². The zero-order chi connectivity index (χ0) is 14.9. The minimum absolute atomic E-state index is 0.0474. The molecule has 0 bridgehead atoms. The molecular weight excluding hydrogens is 315 g/mol. The summed E-state index contributed by atoms with van der Waals surface area (Å²) in [7, 11) is 0. The molecule has 2 aromatic rings. The van der Waals surface area contributed by atoms with Crippen LogP contribution in [0.4, 0.5) is 0 Å². The van der Waals surface area contributed by atoms with E-state index in [1.807, 2.05) is 18.2 Å². The highest BCUT2D eigenvalue weighted by molar-refractivity contribution is 6.42. The molecular formula is C16H15Cl3O. The Kier molecular flexibility index (Phi) is 4.53. The third-order valence-corrected chi connectivity index (χ3v) is 3.95. The minimum Gasteiger partial charge on any atom is -0.456 e. The summed E-state index contributed by atoms with van der Waals surface area (Å²) in [5, 5.41) is 1.52. The van der Waals surface area contributed by atoms with Crippen molar-refractivity contribution in [1.82, 2.24) is 0 Å². The van der Waals surface area contributed by atoms with Crippen molar-refractivity contribution >= 4 is 34.8 Å². The van der Waals surface area contributed by atoms with Crippen molar-refractivity contribution in [1.29, 1.82) is 0 Å². The molecule has 2 rings (SSSR count).